The SMILES string of the molecule is Cl.Cn1nncc1CC(=O)O. The van der Waals surface area contributed by atoms with Gasteiger partial charge in [0.25, 0.3) is 0 Å². The summed E-state index contributed by atoms with van der Waals surface area (Å²) in [6.45, 7) is 0. The van der Waals surface area contributed by atoms with Crippen LogP contribution >= 0.6 is 12.4 Å². The number of carbonyl (C=O) groups is 1. The summed E-state index contributed by atoms with van der Waals surface area (Å²) in [6, 6.07) is 0. The van der Waals surface area contributed by atoms with E-state index in [1.165, 1.54) is 10.9 Å². The van der Waals surface area contributed by atoms with Gasteiger partial charge >= 0.3 is 5.97 Å². The van der Waals surface area contributed by atoms with Gasteiger partial charge in [-0.15, -0.1) is 17.5 Å². The van der Waals surface area contributed by atoms with Crippen LogP contribution < -0.4 is 0 Å². The second-order valence-electron chi connectivity index (χ2n) is 1.92. The minimum Gasteiger partial charge on any atom is -0.481 e. The van der Waals surface area contributed by atoms with Crippen LogP contribution in [-0.2, 0) is 18.3 Å². The molecule has 0 bridgehead atoms. The first-order chi connectivity index (χ1) is 4.70. The van der Waals surface area contributed by atoms with Gasteiger partial charge in [-0.05, 0) is 0 Å². The average molecular weight is 178 g/mol. The number of nitrogens with zero attached hydrogens (tertiary/aromatic N) is 3. The highest BCUT2D eigenvalue weighted by atomic mass is 35.5. The molecular formula is C5H8ClN3O2. The summed E-state index contributed by atoms with van der Waals surface area (Å²) in [5, 5.41) is 15.4. The first-order valence-corrected chi connectivity index (χ1v) is 2.75. The van der Waals surface area contributed by atoms with Gasteiger partial charge < -0.3 is 5.11 Å². The standard InChI is InChI=1S/C5H7N3O2.ClH/c1-8-4(2-5(9)10)3-6-7-8;/h3H,2H2,1H3,(H,9,10);1H. The zero-order valence-electron chi connectivity index (χ0n) is 5.89. The van der Waals surface area contributed by atoms with Crippen molar-refractivity contribution >= 4 is 18.4 Å². The molecule has 0 aliphatic carbocycles. The molecular weight excluding hydrogens is 170 g/mol. The molecule has 0 amide bonds. The zero-order valence-corrected chi connectivity index (χ0v) is 6.71. The van der Waals surface area contributed by atoms with Crippen LogP contribution in [0.15, 0.2) is 6.20 Å². The number of aryl methyl sites for hydroxylation is 1. The zero-order chi connectivity index (χ0) is 7.56. The van der Waals surface area contributed by atoms with Crippen LogP contribution in [0.25, 0.3) is 0 Å². The van der Waals surface area contributed by atoms with E-state index in [1.807, 2.05) is 0 Å². The lowest BCUT2D eigenvalue weighted by Gasteiger charge is -1.92. The van der Waals surface area contributed by atoms with E-state index in [-0.39, 0.29) is 18.8 Å². The van der Waals surface area contributed by atoms with Gasteiger partial charge in [0, 0.05) is 7.05 Å². The molecule has 1 heterocycles. The summed E-state index contributed by atoms with van der Waals surface area (Å²) in [5.41, 5.74) is 0.604. The van der Waals surface area contributed by atoms with Crippen LogP contribution in [0, 0.1) is 0 Å². The summed E-state index contributed by atoms with van der Waals surface area (Å²) in [7, 11) is 1.66. The van der Waals surface area contributed by atoms with Crippen molar-refractivity contribution in [3.8, 4) is 0 Å². The van der Waals surface area contributed by atoms with Gasteiger partial charge in [-0.3, -0.25) is 9.48 Å². The van der Waals surface area contributed by atoms with E-state index in [0.29, 0.717) is 5.69 Å². The van der Waals surface area contributed by atoms with Crippen LogP contribution in [0.1, 0.15) is 5.69 Å². The van der Waals surface area contributed by atoms with E-state index >= 15 is 0 Å². The topological polar surface area (TPSA) is 68.0 Å². The molecule has 0 radical (unpaired) electrons. The summed E-state index contributed by atoms with van der Waals surface area (Å²) < 4.78 is 1.44. The Morgan fingerprint density at radius 1 is 1.82 bits per heavy atom. The molecule has 0 aliphatic heterocycles. The van der Waals surface area contributed by atoms with E-state index in [0.717, 1.165) is 0 Å². The van der Waals surface area contributed by atoms with E-state index in [9.17, 15) is 4.79 Å². The maximum Gasteiger partial charge on any atom is 0.309 e. The largest absolute Gasteiger partial charge is 0.481 e. The molecule has 11 heavy (non-hydrogen) atoms. The van der Waals surface area contributed by atoms with Crippen LogP contribution in [-0.4, -0.2) is 26.1 Å². The molecule has 0 aromatic carbocycles. The number of aromatic nitrogens is 3. The van der Waals surface area contributed by atoms with Crippen LogP contribution in [0.3, 0.4) is 0 Å². The maximum atomic E-state index is 10.2. The van der Waals surface area contributed by atoms with Crippen molar-refractivity contribution in [1.82, 2.24) is 15.0 Å². The number of halogens is 1. The van der Waals surface area contributed by atoms with Gasteiger partial charge in [0.05, 0.1) is 18.3 Å². The van der Waals surface area contributed by atoms with Gasteiger partial charge in [0.1, 0.15) is 0 Å². The first-order valence-electron chi connectivity index (χ1n) is 2.75. The first kappa shape index (κ1) is 9.90. The Morgan fingerprint density at radius 2 is 2.45 bits per heavy atom. The second kappa shape index (κ2) is 3.92. The third kappa shape index (κ3) is 2.55. The Hall–Kier alpha value is -1.10. The van der Waals surface area contributed by atoms with Crippen molar-refractivity contribution in [3.05, 3.63) is 11.9 Å². The fourth-order valence-corrected chi connectivity index (χ4v) is 0.626. The summed E-state index contributed by atoms with van der Waals surface area (Å²) in [5.74, 6) is -0.870. The predicted molar refractivity (Wildman–Crippen MR) is 39.6 cm³/mol. The quantitative estimate of drug-likeness (QED) is 0.683. The van der Waals surface area contributed by atoms with E-state index in [4.69, 9.17) is 5.11 Å². The third-order valence-corrected chi connectivity index (χ3v) is 1.14. The molecule has 0 atom stereocenters. The van der Waals surface area contributed by atoms with E-state index < -0.39 is 5.97 Å². The molecule has 0 saturated carbocycles. The lowest BCUT2D eigenvalue weighted by Crippen LogP contribution is -2.05. The van der Waals surface area contributed by atoms with Crippen LogP contribution in [0.5, 0.6) is 0 Å². The molecule has 6 heteroatoms. The fraction of sp³-hybridized carbons (Fsp3) is 0.400. The molecule has 1 aromatic heterocycles. The predicted octanol–water partition coefficient (Wildman–Crippen LogP) is -0.136. The fourth-order valence-electron chi connectivity index (χ4n) is 0.626. The summed E-state index contributed by atoms with van der Waals surface area (Å²) >= 11 is 0. The molecule has 1 rings (SSSR count). The van der Waals surface area contributed by atoms with E-state index in [2.05, 4.69) is 10.3 Å². The maximum absolute atomic E-state index is 10.2. The van der Waals surface area contributed by atoms with Crippen molar-refractivity contribution < 1.29 is 9.90 Å². The lowest BCUT2D eigenvalue weighted by atomic mass is 10.3. The number of carboxylic acid groups (broad SMARTS) is 1. The number of hydrogen-bond donors (Lipinski definition) is 1. The van der Waals surface area contributed by atoms with Gasteiger partial charge in [-0.1, -0.05) is 5.21 Å². The molecule has 0 fully saturated rings. The van der Waals surface area contributed by atoms with Crippen molar-refractivity contribution in [2.24, 2.45) is 7.05 Å². The van der Waals surface area contributed by atoms with Crippen molar-refractivity contribution in [2.45, 2.75) is 6.42 Å². The second-order valence-corrected chi connectivity index (χ2v) is 1.92. The minimum atomic E-state index is -0.870. The molecule has 0 aliphatic rings. The van der Waals surface area contributed by atoms with Crippen LogP contribution in [0.2, 0.25) is 0 Å². The van der Waals surface area contributed by atoms with Crippen molar-refractivity contribution in [1.29, 1.82) is 0 Å². The number of hydrogen-bond acceptors (Lipinski definition) is 3. The Kier molecular flexibility index (Phi) is 3.53. The van der Waals surface area contributed by atoms with Crippen molar-refractivity contribution in [2.75, 3.05) is 0 Å². The smallest absolute Gasteiger partial charge is 0.309 e. The van der Waals surface area contributed by atoms with Gasteiger partial charge in [-0.25, -0.2) is 0 Å². The average Bonchev–Trinajstić information content (AvgIpc) is 2.15. The highest BCUT2D eigenvalue weighted by Gasteiger charge is 2.03. The summed E-state index contributed by atoms with van der Waals surface area (Å²) in [4.78, 5) is 10.2. The number of carboxylic acids is 1. The minimum absolute atomic E-state index is 0. The number of rotatable bonds is 2. The van der Waals surface area contributed by atoms with Crippen LogP contribution in [0.4, 0.5) is 0 Å². The normalized spacial score (nSPS) is 8.82. The molecule has 0 saturated heterocycles. The Labute approximate surface area is 69.4 Å². The highest BCUT2D eigenvalue weighted by Crippen LogP contribution is 1.93. The van der Waals surface area contributed by atoms with Gasteiger partial charge in [0.2, 0.25) is 0 Å². The Balaban J connectivity index is 0.000001000. The van der Waals surface area contributed by atoms with Crippen molar-refractivity contribution in [3.63, 3.8) is 0 Å². The molecule has 1 aromatic rings. The Morgan fingerprint density at radius 3 is 2.82 bits per heavy atom. The third-order valence-electron chi connectivity index (χ3n) is 1.14. The Bertz CT molecular complexity index is 248. The van der Waals surface area contributed by atoms with Gasteiger partial charge in [-0.2, -0.15) is 0 Å². The molecule has 62 valence electrons. The summed E-state index contributed by atoms with van der Waals surface area (Å²) in [6.07, 6.45) is 1.41. The van der Waals surface area contributed by atoms with Gasteiger partial charge in [0.15, 0.2) is 0 Å². The monoisotopic (exact) mass is 177 g/mol. The lowest BCUT2D eigenvalue weighted by molar-refractivity contribution is -0.136. The highest BCUT2D eigenvalue weighted by molar-refractivity contribution is 5.85. The number of aliphatic carboxylic acids is 1. The van der Waals surface area contributed by atoms with E-state index in [1.54, 1.807) is 7.05 Å². The molecule has 5 nitrogen and oxygen atoms in total. The molecule has 0 unspecified atom stereocenters. The molecule has 0 spiro atoms. The molecule has 1 N–H and O–H groups in total.